The number of carbonyl (C=O) groups excluding carboxylic acids is 3. The molecule has 4 rings (SSSR count). The van der Waals surface area contributed by atoms with Crippen LogP contribution in [0.5, 0.6) is 0 Å². The first-order chi connectivity index (χ1) is 20.5. The second-order valence-electron chi connectivity index (χ2n) is 10.6. The van der Waals surface area contributed by atoms with Crippen molar-refractivity contribution in [3.63, 3.8) is 0 Å². The zero-order chi connectivity index (χ0) is 32.7. The van der Waals surface area contributed by atoms with Gasteiger partial charge in [-0.1, -0.05) is 37.6 Å². The van der Waals surface area contributed by atoms with E-state index in [1.165, 1.54) is 18.2 Å². The van der Waals surface area contributed by atoms with Crippen LogP contribution in [0, 0.1) is 29.3 Å². The standard InChI is InChI=1S/C31H24Cl3F6NO3/c1-3-14(2)24(42)13-19-22(35)8-5-16(28(19)37)11-25(43)18-12-17(6-7-21(18)32)41-29(44)27-26(30(27,33)34)15-4-9-23(36)20(10-15)31(38,39)40/h4-10,12,14,26-27H,3,11,13H2,1-2H3,(H,41,44)/t14?,26-,27+/m0/s1. The first kappa shape index (κ1) is 33.8. The maximum Gasteiger partial charge on any atom is 0.419 e. The number of hydrogen-bond donors (Lipinski definition) is 1. The Balaban J connectivity index is 1.52. The lowest BCUT2D eigenvalue weighted by molar-refractivity contribution is -0.140. The summed E-state index contributed by atoms with van der Waals surface area (Å²) < 4.78 is 81.1. The molecule has 0 aromatic heterocycles. The number of Topliss-reactive ketones (excluding diaryl/α,β-unsaturated/α-hetero) is 2. The minimum atomic E-state index is -4.98. The highest BCUT2D eigenvalue weighted by atomic mass is 35.5. The second-order valence-corrected chi connectivity index (χ2v) is 12.5. The summed E-state index contributed by atoms with van der Waals surface area (Å²) in [6, 6.07) is 8.12. The van der Waals surface area contributed by atoms with Crippen LogP contribution in [0.3, 0.4) is 0 Å². The van der Waals surface area contributed by atoms with E-state index in [1.54, 1.807) is 13.8 Å². The van der Waals surface area contributed by atoms with Gasteiger partial charge in [0.15, 0.2) is 5.78 Å². The van der Waals surface area contributed by atoms with Gasteiger partial charge < -0.3 is 5.32 Å². The Labute approximate surface area is 263 Å². The number of hydrogen-bond acceptors (Lipinski definition) is 3. The van der Waals surface area contributed by atoms with E-state index < -0.39 is 81.4 Å². The van der Waals surface area contributed by atoms with E-state index in [-0.39, 0.29) is 33.2 Å². The van der Waals surface area contributed by atoms with Crippen LogP contribution in [0.2, 0.25) is 5.02 Å². The highest BCUT2D eigenvalue weighted by molar-refractivity contribution is 6.53. The summed E-state index contributed by atoms with van der Waals surface area (Å²) in [6.07, 6.45) is -5.51. The molecule has 0 bridgehead atoms. The van der Waals surface area contributed by atoms with E-state index in [4.69, 9.17) is 34.8 Å². The molecule has 1 unspecified atom stereocenters. The summed E-state index contributed by atoms with van der Waals surface area (Å²) in [6.45, 7) is 3.42. The number of amides is 1. The highest BCUT2D eigenvalue weighted by Crippen LogP contribution is 2.65. The van der Waals surface area contributed by atoms with Gasteiger partial charge in [0.25, 0.3) is 0 Å². The number of carbonyl (C=O) groups is 3. The van der Waals surface area contributed by atoms with E-state index in [1.807, 2.05) is 0 Å². The normalized spacial score (nSPS) is 18.1. The Hall–Kier alpha value is -3.08. The van der Waals surface area contributed by atoms with Crippen LogP contribution in [0.25, 0.3) is 0 Å². The number of nitrogens with one attached hydrogen (secondary N) is 1. The Kier molecular flexibility index (Phi) is 9.78. The van der Waals surface area contributed by atoms with Gasteiger partial charge in [0.1, 0.15) is 27.6 Å². The molecule has 3 atom stereocenters. The predicted molar refractivity (Wildman–Crippen MR) is 155 cm³/mol. The number of rotatable bonds is 10. The molecule has 13 heteroatoms. The van der Waals surface area contributed by atoms with Crippen molar-refractivity contribution in [2.75, 3.05) is 5.32 Å². The third-order valence-corrected chi connectivity index (χ3v) is 8.93. The molecule has 1 saturated carbocycles. The summed E-state index contributed by atoms with van der Waals surface area (Å²) in [4.78, 5) is 38.5. The number of anilines is 1. The molecule has 0 radical (unpaired) electrons. The smallest absolute Gasteiger partial charge is 0.326 e. The lowest BCUT2D eigenvalue weighted by Gasteiger charge is -2.13. The van der Waals surface area contributed by atoms with Gasteiger partial charge in [0.05, 0.1) is 16.5 Å². The van der Waals surface area contributed by atoms with Gasteiger partial charge in [-0.05, 0) is 53.9 Å². The largest absolute Gasteiger partial charge is 0.419 e. The summed E-state index contributed by atoms with van der Waals surface area (Å²) in [5.41, 5.74) is -2.30. The van der Waals surface area contributed by atoms with Crippen molar-refractivity contribution in [1.29, 1.82) is 0 Å². The van der Waals surface area contributed by atoms with Crippen LogP contribution >= 0.6 is 34.8 Å². The topological polar surface area (TPSA) is 63.2 Å². The molecule has 1 aliphatic rings. The third kappa shape index (κ3) is 6.92. The average Bonchev–Trinajstić information content (AvgIpc) is 3.54. The zero-order valence-electron chi connectivity index (χ0n) is 23.1. The van der Waals surface area contributed by atoms with Crippen LogP contribution in [0.4, 0.5) is 32.0 Å². The quantitative estimate of drug-likeness (QED) is 0.132. The zero-order valence-corrected chi connectivity index (χ0v) is 25.4. The molecule has 3 aromatic rings. The summed E-state index contributed by atoms with van der Waals surface area (Å²) in [5, 5.41) is 2.45. The van der Waals surface area contributed by atoms with E-state index >= 15 is 4.39 Å². The van der Waals surface area contributed by atoms with Gasteiger partial charge in [-0.15, -0.1) is 23.2 Å². The van der Waals surface area contributed by atoms with Crippen molar-refractivity contribution in [3.05, 3.63) is 98.8 Å². The molecular weight excluding hydrogens is 655 g/mol. The highest BCUT2D eigenvalue weighted by Gasteiger charge is 2.67. The summed E-state index contributed by atoms with van der Waals surface area (Å²) >= 11 is 18.7. The molecule has 0 aliphatic heterocycles. The molecule has 44 heavy (non-hydrogen) atoms. The molecule has 0 heterocycles. The maximum atomic E-state index is 15.2. The van der Waals surface area contributed by atoms with Crippen molar-refractivity contribution in [1.82, 2.24) is 0 Å². The van der Waals surface area contributed by atoms with Gasteiger partial charge in [-0.3, -0.25) is 14.4 Å². The van der Waals surface area contributed by atoms with Crippen molar-refractivity contribution < 1.29 is 40.7 Å². The monoisotopic (exact) mass is 677 g/mol. The lowest BCUT2D eigenvalue weighted by Crippen LogP contribution is -2.18. The molecule has 0 spiro atoms. The Morgan fingerprint density at radius 3 is 2.25 bits per heavy atom. The number of ketones is 2. The van der Waals surface area contributed by atoms with Crippen LogP contribution < -0.4 is 5.32 Å². The Morgan fingerprint density at radius 1 is 0.955 bits per heavy atom. The maximum absolute atomic E-state index is 15.2. The molecule has 3 aromatic carbocycles. The molecule has 1 fully saturated rings. The molecule has 0 saturated heterocycles. The molecule has 234 valence electrons. The summed E-state index contributed by atoms with van der Waals surface area (Å²) in [7, 11) is 0. The fourth-order valence-electron chi connectivity index (χ4n) is 4.85. The number of benzene rings is 3. The van der Waals surface area contributed by atoms with Gasteiger partial charge in [-0.25, -0.2) is 13.2 Å². The minimum absolute atomic E-state index is 0.0398. The molecule has 1 aliphatic carbocycles. The van der Waals surface area contributed by atoms with Crippen LogP contribution in [-0.4, -0.2) is 21.8 Å². The van der Waals surface area contributed by atoms with Crippen molar-refractivity contribution in [2.24, 2.45) is 11.8 Å². The average molecular weight is 679 g/mol. The molecule has 1 N–H and O–H groups in total. The van der Waals surface area contributed by atoms with Crippen molar-refractivity contribution in [3.8, 4) is 0 Å². The fourth-order valence-corrected chi connectivity index (χ4v) is 5.90. The minimum Gasteiger partial charge on any atom is -0.326 e. The van der Waals surface area contributed by atoms with Gasteiger partial charge in [-0.2, -0.15) is 13.2 Å². The SMILES string of the molecule is CCC(C)C(=O)Cc1c(F)ccc(CC(=O)c2cc(NC(=O)[C@H]3[C@H](c4ccc(F)c(C(F)(F)F)c4)C3(Cl)Cl)ccc2Cl)c1F. The summed E-state index contributed by atoms with van der Waals surface area (Å²) in [5.74, 6) is -7.98. The van der Waals surface area contributed by atoms with E-state index in [0.717, 1.165) is 18.2 Å². The van der Waals surface area contributed by atoms with Gasteiger partial charge in [0.2, 0.25) is 5.91 Å². The Bertz CT molecular complexity index is 1640. The Morgan fingerprint density at radius 2 is 1.61 bits per heavy atom. The molecule has 1 amide bonds. The number of halogens is 9. The fraction of sp³-hybridized carbons (Fsp3) is 0.323. The molecule has 4 nitrogen and oxygen atoms in total. The molecular formula is C31H24Cl3F6NO3. The van der Waals surface area contributed by atoms with Crippen LogP contribution in [0.1, 0.15) is 58.8 Å². The van der Waals surface area contributed by atoms with Gasteiger partial charge >= 0.3 is 6.18 Å². The van der Waals surface area contributed by atoms with E-state index in [0.29, 0.717) is 18.6 Å². The van der Waals surface area contributed by atoms with Crippen LogP contribution in [0.15, 0.2) is 48.5 Å². The van der Waals surface area contributed by atoms with E-state index in [9.17, 15) is 36.3 Å². The second kappa shape index (κ2) is 12.7. The lowest BCUT2D eigenvalue weighted by atomic mass is 9.94. The van der Waals surface area contributed by atoms with Crippen LogP contribution in [-0.2, 0) is 28.6 Å². The van der Waals surface area contributed by atoms with E-state index in [2.05, 4.69) is 5.32 Å². The third-order valence-electron chi connectivity index (χ3n) is 7.66. The van der Waals surface area contributed by atoms with Gasteiger partial charge in [0, 0.05) is 41.5 Å². The predicted octanol–water partition coefficient (Wildman–Crippen LogP) is 8.89. The van der Waals surface area contributed by atoms with Crippen molar-refractivity contribution in [2.45, 2.75) is 49.5 Å². The van der Waals surface area contributed by atoms with Crippen molar-refractivity contribution >= 4 is 58.0 Å². The first-order valence-corrected chi connectivity index (χ1v) is 14.5. The first-order valence-electron chi connectivity index (χ1n) is 13.3. The number of alkyl halides is 5.